The summed E-state index contributed by atoms with van der Waals surface area (Å²) in [5.74, 6) is -2.33. The number of aliphatic carboxylic acids is 1. The van der Waals surface area contributed by atoms with Gasteiger partial charge in [0.25, 0.3) is 0 Å². The SMILES string of the molecule is CC/C=C\C/C=C\C/C=C\C/C=C\C/C=C\CCCCCC(=O)OC(COC(=O)CCCCCCCCCCCCCCC)COC(OCC[N+](C)(C)C)C(=O)[O-]. The van der Waals surface area contributed by atoms with Gasteiger partial charge < -0.3 is 33.3 Å². The number of unbranched alkanes of at least 4 members (excludes halogenated alkanes) is 15. The summed E-state index contributed by atoms with van der Waals surface area (Å²) in [5.41, 5.74) is 0. The second kappa shape index (κ2) is 39.8. The minimum absolute atomic E-state index is 0.139. The molecule has 0 amide bonds. The van der Waals surface area contributed by atoms with Gasteiger partial charge in [-0.2, -0.15) is 0 Å². The van der Waals surface area contributed by atoms with Crippen molar-refractivity contribution in [3.05, 3.63) is 60.8 Å². The number of esters is 2. The maximum absolute atomic E-state index is 12.7. The first-order valence-electron chi connectivity index (χ1n) is 22.4. The molecule has 0 aromatic carbocycles. The summed E-state index contributed by atoms with van der Waals surface area (Å²) in [4.78, 5) is 36.9. The van der Waals surface area contributed by atoms with Crippen LogP contribution in [0.5, 0.6) is 0 Å². The molecule has 0 aromatic rings. The van der Waals surface area contributed by atoms with E-state index in [0.29, 0.717) is 17.4 Å². The molecule has 57 heavy (non-hydrogen) atoms. The van der Waals surface area contributed by atoms with Crippen LogP contribution in [0.1, 0.15) is 168 Å². The number of nitrogens with zero attached hydrogens (tertiary/aromatic N) is 1. The van der Waals surface area contributed by atoms with Gasteiger partial charge in [-0.15, -0.1) is 0 Å². The Bertz CT molecular complexity index is 1120. The van der Waals surface area contributed by atoms with E-state index in [1.807, 2.05) is 21.1 Å². The van der Waals surface area contributed by atoms with Crippen molar-refractivity contribution in [1.82, 2.24) is 0 Å². The molecule has 0 fully saturated rings. The van der Waals surface area contributed by atoms with E-state index in [-0.39, 0.29) is 38.6 Å². The monoisotopic (exact) mass is 802 g/mol. The number of carboxylic acids is 1. The Hall–Kier alpha value is -3.01. The van der Waals surface area contributed by atoms with Crippen molar-refractivity contribution in [1.29, 1.82) is 0 Å². The zero-order chi connectivity index (χ0) is 42.1. The van der Waals surface area contributed by atoms with Crippen LogP contribution in [0.25, 0.3) is 0 Å². The summed E-state index contributed by atoms with van der Waals surface area (Å²) in [6.45, 7) is 4.57. The highest BCUT2D eigenvalue weighted by Gasteiger charge is 2.21. The fourth-order valence-electron chi connectivity index (χ4n) is 5.80. The Labute approximate surface area is 348 Å². The number of hydrogen-bond donors (Lipinski definition) is 0. The first-order valence-corrected chi connectivity index (χ1v) is 22.4. The van der Waals surface area contributed by atoms with Gasteiger partial charge in [-0.25, -0.2) is 0 Å². The number of carbonyl (C=O) groups is 3. The van der Waals surface area contributed by atoms with Crippen molar-refractivity contribution in [3.63, 3.8) is 0 Å². The molecule has 0 saturated heterocycles. The molecule has 0 saturated carbocycles. The highest BCUT2D eigenvalue weighted by Crippen LogP contribution is 2.14. The van der Waals surface area contributed by atoms with E-state index in [0.717, 1.165) is 70.6 Å². The van der Waals surface area contributed by atoms with Crippen molar-refractivity contribution < 1.29 is 42.9 Å². The molecule has 2 unspecified atom stereocenters. The highest BCUT2D eigenvalue weighted by atomic mass is 16.7. The highest BCUT2D eigenvalue weighted by molar-refractivity contribution is 5.70. The lowest BCUT2D eigenvalue weighted by molar-refractivity contribution is -0.870. The number of carbonyl (C=O) groups excluding carboxylic acids is 3. The molecule has 2 atom stereocenters. The van der Waals surface area contributed by atoms with Gasteiger partial charge in [0.05, 0.1) is 40.3 Å². The van der Waals surface area contributed by atoms with E-state index < -0.39 is 24.3 Å². The van der Waals surface area contributed by atoms with Crippen LogP contribution in [0.3, 0.4) is 0 Å². The van der Waals surface area contributed by atoms with Crippen LogP contribution in [0.2, 0.25) is 0 Å². The normalized spacial score (nSPS) is 13.5. The van der Waals surface area contributed by atoms with Gasteiger partial charge in [-0.1, -0.05) is 158 Å². The van der Waals surface area contributed by atoms with Crippen LogP contribution >= 0.6 is 0 Å². The predicted molar refractivity (Wildman–Crippen MR) is 232 cm³/mol. The Morgan fingerprint density at radius 2 is 1.00 bits per heavy atom. The second-order valence-corrected chi connectivity index (χ2v) is 16.0. The number of allylic oxidation sites excluding steroid dienone is 10. The van der Waals surface area contributed by atoms with Gasteiger partial charge in [0.2, 0.25) is 0 Å². The molecule has 9 nitrogen and oxygen atoms in total. The van der Waals surface area contributed by atoms with Crippen LogP contribution in [0, 0.1) is 0 Å². The number of likely N-dealkylation sites (N-methyl/N-ethyl adjacent to an activating group) is 1. The van der Waals surface area contributed by atoms with Crippen molar-refractivity contribution in [2.45, 2.75) is 180 Å². The van der Waals surface area contributed by atoms with Gasteiger partial charge in [0, 0.05) is 12.8 Å². The molecule has 0 radical (unpaired) electrons. The molecule has 9 heteroatoms. The van der Waals surface area contributed by atoms with E-state index in [4.69, 9.17) is 18.9 Å². The molecule has 328 valence electrons. The quantitative estimate of drug-likeness (QED) is 0.0198. The molecule has 0 spiro atoms. The number of rotatable bonds is 40. The molecule has 0 aliphatic heterocycles. The minimum Gasteiger partial charge on any atom is -0.545 e. The first-order chi connectivity index (χ1) is 27.6. The summed E-state index contributed by atoms with van der Waals surface area (Å²) in [6, 6.07) is 0. The van der Waals surface area contributed by atoms with Gasteiger partial charge in [0.15, 0.2) is 12.4 Å². The summed E-state index contributed by atoms with van der Waals surface area (Å²) < 4.78 is 22.5. The fourth-order valence-corrected chi connectivity index (χ4v) is 5.80. The van der Waals surface area contributed by atoms with Gasteiger partial charge in [0.1, 0.15) is 13.2 Å². The molecule has 0 rings (SSSR count). The number of quaternary nitrogens is 1. The maximum atomic E-state index is 12.7. The summed E-state index contributed by atoms with van der Waals surface area (Å²) in [5, 5.41) is 11.7. The summed E-state index contributed by atoms with van der Waals surface area (Å²) in [7, 11) is 5.89. The Kier molecular flexibility index (Phi) is 37.7. The van der Waals surface area contributed by atoms with E-state index in [2.05, 4.69) is 74.6 Å². The van der Waals surface area contributed by atoms with E-state index in [1.54, 1.807) is 0 Å². The Morgan fingerprint density at radius 1 is 0.544 bits per heavy atom. The average Bonchev–Trinajstić information content (AvgIpc) is 3.17. The van der Waals surface area contributed by atoms with Crippen LogP contribution < -0.4 is 5.11 Å². The first kappa shape index (κ1) is 54.0. The fraction of sp³-hybridized carbons (Fsp3) is 0.729. The van der Waals surface area contributed by atoms with Crippen molar-refractivity contribution in [2.75, 3.05) is 47.5 Å². The number of hydrogen-bond acceptors (Lipinski definition) is 8. The Balaban J connectivity index is 4.51. The van der Waals surface area contributed by atoms with Crippen molar-refractivity contribution in [2.24, 2.45) is 0 Å². The van der Waals surface area contributed by atoms with E-state index >= 15 is 0 Å². The molecular weight excluding hydrogens is 719 g/mol. The lowest BCUT2D eigenvalue weighted by Gasteiger charge is -2.26. The van der Waals surface area contributed by atoms with Crippen LogP contribution in [0.4, 0.5) is 0 Å². The van der Waals surface area contributed by atoms with Crippen LogP contribution in [0.15, 0.2) is 60.8 Å². The van der Waals surface area contributed by atoms with Crippen LogP contribution in [-0.4, -0.2) is 82.3 Å². The summed E-state index contributed by atoms with van der Waals surface area (Å²) in [6.07, 6.45) is 43.9. The molecule has 0 aromatic heterocycles. The average molecular weight is 802 g/mol. The zero-order valence-electron chi connectivity index (χ0n) is 36.9. The molecule has 0 aliphatic carbocycles. The van der Waals surface area contributed by atoms with Crippen LogP contribution in [-0.2, 0) is 33.3 Å². The molecule has 0 bridgehead atoms. The number of carboxylic acid groups (broad SMARTS) is 1. The van der Waals surface area contributed by atoms with E-state index in [1.165, 1.54) is 64.2 Å². The lowest BCUT2D eigenvalue weighted by atomic mass is 10.0. The lowest BCUT2D eigenvalue weighted by Crippen LogP contribution is -2.44. The standard InChI is InChI=1S/C48H83NO8/c1-6-8-10-12-14-16-18-20-21-22-23-24-25-27-29-31-33-35-37-39-46(51)57-44(43-56-48(47(52)53)54-41-40-49(3,4)5)42-55-45(50)38-36-34-32-30-28-26-19-17-15-13-11-9-7-2/h8,10,14,16,20-21,23-24,27,29,44,48H,6-7,9,11-13,15,17-19,22,25-26,28,30-43H2,1-5H3/b10-8-,16-14-,21-20-,24-23-,29-27-. The topological polar surface area (TPSA) is 111 Å². The predicted octanol–water partition coefficient (Wildman–Crippen LogP) is 10.4. The smallest absolute Gasteiger partial charge is 0.306 e. The molecule has 0 aliphatic rings. The molecule has 0 N–H and O–H groups in total. The van der Waals surface area contributed by atoms with Gasteiger partial charge in [-0.05, 0) is 57.8 Å². The minimum atomic E-state index is -1.63. The summed E-state index contributed by atoms with van der Waals surface area (Å²) >= 11 is 0. The third-order valence-electron chi connectivity index (χ3n) is 9.28. The largest absolute Gasteiger partial charge is 0.545 e. The third-order valence-corrected chi connectivity index (χ3v) is 9.28. The van der Waals surface area contributed by atoms with Gasteiger partial charge in [-0.3, -0.25) is 9.59 Å². The number of ether oxygens (including phenoxy) is 4. The van der Waals surface area contributed by atoms with Crippen molar-refractivity contribution in [3.8, 4) is 0 Å². The zero-order valence-corrected chi connectivity index (χ0v) is 36.9. The Morgan fingerprint density at radius 3 is 1.49 bits per heavy atom. The molecule has 0 heterocycles. The van der Waals surface area contributed by atoms with Crippen molar-refractivity contribution >= 4 is 17.9 Å². The maximum Gasteiger partial charge on any atom is 0.306 e. The second-order valence-electron chi connectivity index (χ2n) is 16.0. The third kappa shape index (κ3) is 41.0. The van der Waals surface area contributed by atoms with E-state index in [9.17, 15) is 19.5 Å². The molecular formula is C48H83NO8. The van der Waals surface area contributed by atoms with Gasteiger partial charge >= 0.3 is 11.9 Å².